The number of carbonyl (C=O) groups is 1. The molecule has 0 spiro atoms. The molecule has 0 bridgehead atoms. The van der Waals surface area contributed by atoms with E-state index in [1.54, 1.807) is 0 Å². The lowest BCUT2D eigenvalue weighted by molar-refractivity contribution is -0.141. The van der Waals surface area contributed by atoms with Crippen molar-refractivity contribution in [3.8, 4) is 0 Å². The number of hydrogen-bond acceptors (Lipinski definition) is 2. The fourth-order valence-electron chi connectivity index (χ4n) is 3.12. The Morgan fingerprint density at radius 3 is 2.41 bits per heavy atom. The third-order valence-electron chi connectivity index (χ3n) is 3.86. The van der Waals surface area contributed by atoms with Gasteiger partial charge in [-0.2, -0.15) is 0 Å². The minimum Gasteiger partial charge on any atom is -0.344 e. The molecule has 0 aromatic heterocycles. The first-order valence-electron chi connectivity index (χ1n) is 6.92. The molecule has 0 heterocycles. The van der Waals surface area contributed by atoms with Crippen LogP contribution >= 0.6 is 0 Å². The van der Waals surface area contributed by atoms with Gasteiger partial charge in [0.1, 0.15) is 0 Å². The van der Waals surface area contributed by atoms with Crippen LogP contribution in [-0.4, -0.2) is 38.0 Å². The van der Waals surface area contributed by atoms with Crippen LogP contribution in [0, 0.1) is 11.3 Å². The van der Waals surface area contributed by atoms with Gasteiger partial charge in [0.15, 0.2) is 0 Å². The Bertz CT molecular complexity index is 245. The predicted octanol–water partition coefficient (Wildman–Crippen LogP) is 2.27. The number of rotatable bonds is 6. The average Bonchev–Trinajstić information content (AvgIpc) is 2.73. The molecule has 1 N–H and O–H groups in total. The van der Waals surface area contributed by atoms with Gasteiger partial charge in [0.05, 0.1) is 0 Å². The van der Waals surface area contributed by atoms with E-state index in [9.17, 15) is 4.79 Å². The number of nitrogens with zero attached hydrogens (tertiary/aromatic N) is 1. The lowest BCUT2D eigenvalue weighted by Gasteiger charge is -2.33. The van der Waals surface area contributed by atoms with Crippen LogP contribution in [-0.2, 0) is 4.79 Å². The van der Waals surface area contributed by atoms with Gasteiger partial charge in [0, 0.05) is 25.6 Å². The van der Waals surface area contributed by atoms with Crippen molar-refractivity contribution >= 4 is 5.91 Å². The van der Waals surface area contributed by atoms with E-state index >= 15 is 0 Å². The van der Waals surface area contributed by atoms with Gasteiger partial charge in [-0.25, -0.2) is 0 Å². The highest BCUT2D eigenvalue weighted by molar-refractivity contribution is 5.82. The lowest BCUT2D eigenvalue weighted by atomic mass is 9.77. The maximum atomic E-state index is 12.6. The smallest absolute Gasteiger partial charge is 0.228 e. The molecule has 0 aliphatic heterocycles. The van der Waals surface area contributed by atoms with Crippen molar-refractivity contribution in [3.63, 3.8) is 0 Å². The largest absolute Gasteiger partial charge is 0.344 e. The van der Waals surface area contributed by atoms with Crippen LogP contribution in [0.2, 0.25) is 0 Å². The average molecular weight is 240 g/mol. The van der Waals surface area contributed by atoms with Gasteiger partial charge < -0.3 is 10.2 Å². The molecule has 1 aliphatic rings. The van der Waals surface area contributed by atoms with Crippen LogP contribution in [0.5, 0.6) is 0 Å². The first-order valence-corrected chi connectivity index (χ1v) is 6.92. The summed E-state index contributed by atoms with van der Waals surface area (Å²) in [5.74, 6) is 0.980. The Balaban J connectivity index is 2.66. The number of carbonyl (C=O) groups excluding carboxylic acids is 1. The number of amides is 1. The minimum absolute atomic E-state index is 0.0450. The van der Waals surface area contributed by atoms with E-state index in [0.717, 1.165) is 32.4 Å². The van der Waals surface area contributed by atoms with Gasteiger partial charge in [0.25, 0.3) is 0 Å². The van der Waals surface area contributed by atoms with E-state index in [0.29, 0.717) is 11.8 Å². The highest BCUT2D eigenvalue weighted by Crippen LogP contribution is 2.44. The van der Waals surface area contributed by atoms with Crippen molar-refractivity contribution in [2.45, 2.75) is 46.0 Å². The topological polar surface area (TPSA) is 32.3 Å². The van der Waals surface area contributed by atoms with Crippen molar-refractivity contribution in [3.05, 3.63) is 0 Å². The van der Waals surface area contributed by atoms with Gasteiger partial charge in [-0.1, -0.05) is 26.7 Å². The molecule has 3 heteroatoms. The van der Waals surface area contributed by atoms with Crippen LogP contribution in [0.3, 0.4) is 0 Å². The minimum atomic E-state index is -0.0450. The maximum absolute atomic E-state index is 12.6. The molecular weight excluding hydrogens is 212 g/mol. The van der Waals surface area contributed by atoms with Gasteiger partial charge in [-0.15, -0.1) is 0 Å². The molecule has 1 amide bonds. The third-order valence-corrected chi connectivity index (χ3v) is 3.86. The molecule has 0 aromatic rings. The molecule has 1 rings (SSSR count). The zero-order valence-corrected chi connectivity index (χ0v) is 11.9. The molecule has 0 radical (unpaired) electrons. The van der Waals surface area contributed by atoms with E-state index < -0.39 is 0 Å². The third kappa shape index (κ3) is 3.70. The van der Waals surface area contributed by atoms with Gasteiger partial charge >= 0.3 is 0 Å². The molecular formula is C14H28N2O. The van der Waals surface area contributed by atoms with E-state index in [1.165, 1.54) is 12.8 Å². The molecule has 0 aromatic carbocycles. The molecule has 0 unspecified atom stereocenters. The Morgan fingerprint density at radius 2 is 1.94 bits per heavy atom. The van der Waals surface area contributed by atoms with Crippen LogP contribution in [0.4, 0.5) is 0 Å². The van der Waals surface area contributed by atoms with Crippen molar-refractivity contribution < 1.29 is 4.79 Å². The summed E-state index contributed by atoms with van der Waals surface area (Å²) in [6.07, 6.45) is 5.67. The molecule has 1 fully saturated rings. The van der Waals surface area contributed by atoms with E-state index in [-0.39, 0.29) is 5.41 Å². The van der Waals surface area contributed by atoms with Crippen LogP contribution in [0.15, 0.2) is 0 Å². The van der Waals surface area contributed by atoms with E-state index in [1.807, 2.05) is 19.0 Å². The Kier molecular flexibility index (Phi) is 5.44. The summed E-state index contributed by atoms with van der Waals surface area (Å²) in [5, 5.41) is 3.10. The first kappa shape index (κ1) is 14.5. The zero-order chi connectivity index (χ0) is 12.9. The van der Waals surface area contributed by atoms with Crippen molar-refractivity contribution in [1.82, 2.24) is 10.2 Å². The Morgan fingerprint density at radius 1 is 1.35 bits per heavy atom. The standard InChI is InChI=1S/C14H28N2O/c1-12(2)11-14(7-5-6-8-14)13(17)16(4)10-9-15-3/h12,15H,5-11H2,1-4H3. The van der Waals surface area contributed by atoms with Gasteiger partial charge in [-0.05, 0) is 32.2 Å². The molecule has 17 heavy (non-hydrogen) atoms. The van der Waals surface area contributed by atoms with Crippen LogP contribution < -0.4 is 5.32 Å². The molecule has 1 aliphatic carbocycles. The fourth-order valence-corrected chi connectivity index (χ4v) is 3.12. The van der Waals surface area contributed by atoms with Crippen LogP contribution in [0.25, 0.3) is 0 Å². The Labute approximate surface area is 106 Å². The summed E-state index contributed by atoms with van der Waals surface area (Å²) >= 11 is 0. The quantitative estimate of drug-likeness (QED) is 0.772. The Hall–Kier alpha value is -0.570. The van der Waals surface area contributed by atoms with E-state index in [4.69, 9.17) is 0 Å². The molecule has 3 nitrogen and oxygen atoms in total. The summed E-state index contributed by atoms with van der Waals surface area (Å²) in [4.78, 5) is 14.5. The van der Waals surface area contributed by atoms with Crippen LogP contribution in [0.1, 0.15) is 46.0 Å². The van der Waals surface area contributed by atoms with Gasteiger partial charge in [0.2, 0.25) is 5.91 Å². The number of hydrogen-bond donors (Lipinski definition) is 1. The second-order valence-corrected chi connectivity index (χ2v) is 5.92. The highest BCUT2D eigenvalue weighted by atomic mass is 16.2. The first-order chi connectivity index (χ1) is 8.02. The maximum Gasteiger partial charge on any atom is 0.228 e. The summed E-state index contributed by atoms with van der Waals surface area (Å²) in [6.45, 7) is 6.14. The predicted molar refractivity (Wildman–Crippen MR) is 71.9 cm³/mol. The second-order valence-electron chi connectivity index (χ2n) is 5.92. The summed E-state index contributed by atoms with van der Waals surface area (Å²) in [7, 11) is 3.87. The van der Waals surface area contributed by atoms with E-state index in [2.05, 4.69) is 19.2 Å². The molecule has 0 saturated heterocycles. The molecule has 0 atom stereocenters. The summed E-state index contributed by atoms with van der Waals surface area (Å²) in [5.41, 5.74) is -0.0450. The molecule has 100 valence electrons. The zero-order valence-electron chi connectivity index (χ0n) is 11.9. The summed E-state index contributed by atoms with van der Waals surface area (Å²) in [6, 6.07) is 0. The SMILES string of the molecule is CNCCN(C)C(=O)C1(CC(C)C)CCCC1. The lowest BCUT2D eigenvalue weighted by Crippen LogP contribution is -2.43. The number of nitrogens with one attached hydrogen (secondary N) is 1. The fraction of sp³-hybridized carbons (Fsp3) is 0.929. The van der Waals surface area contributed by atoms with Crippen molar-refractivity contribution in [1.29, 1.82) is 0 Å². The van der Waals surface area contributed by atoms with Crippen molar-refractivity contribution in [2.75, 3.05) is 27.2 Å². The van der Waals surface area contributed by atoms with Gasteiger partial charge in [-0.3, -0.25) is 4.79 Å². The van der Waals surface area contributed by atoms with Crippen molar-refractivity contribution in [2.24, 2.45) is 11.3 Å². The molecule has 1 saturated carbocycles. The normalized spacial score (nSPS) is 18.6. The highest BCUT2D eigenvalue weighted by Gasteiger charge is 2.42. The monoisotopic (exact) mass is 240 g/mol. The number of likely N-dealkylation sites (N-methyl/N-ethyl adjacent to an activating group) is 2. The summed E-state index contributed by atoms with van der Waals surface area (Å²) < 4.78 is 0. The second kappa shape index (κ2) is 6.39.